The molecule has 1 aliphatic rings. The van der Waals surface area contributed by atoms with Crippen LogP contribution in [0.3, 0.4) is 0 Å². The molecule has 0 saturated carbocycles. The number of likely N-dealkylation sites (tertiary alicyclic amines) is 1. The van der Waals surface area contributed by atoms with Crippen molar-refractivity contribution in [1.29, 1.82) is 0 Å². The number of halogens is 1. The number of aliphatic imine (C=N–C) groups is 1. The van der Waals surface area contributed by atoms with Crippen molar-refractivity contribution in [3.63, 3.8) is 0 Å². The maximum absolute atomic E-state index is 12.2. The van der Waals surface area contributed by atoms with Crippen molar-refractivity contribution in [2.45, 2.75) is 58.2 Å². The van der Waals surface area contributed by atoms with E-state index in [1.165, 1.54) is 5.57 Å². The average Bonchev–Trinajstić information content (AvgIpc) is 2.47. The molecule has 1 saturated heterocycles. The van der Waals surface area contributed by atoms with E-state index in [-0.39, 0.29) is 36.3 Å². The van der Waals surface area contributed by atoms with Gasteiger partial charge in [0, 0.05) is 32.2 Å². The highest BCUT2D eigenvalue weighted by molar-refractivity contribution is 14.0. The Morgan fingerprint density at radius 1 is 1.27 bits per heavy atom. The van der Waals surface area contributed by atoms with Crippen molar-refractivity contribution in [3.8, 4) is 0 Å². The minimum absolute atomic E-state index is 0. The third-order valence-corrected chi connectivity index (χ3v) is 6.92. The normalized spacial score (nSPS) is 17.5. The molecule has 0 aromatic rings. The van der Waals surface area contributed by atoms with Crippen molar-refractivity contribution in [2.24, 2.45) is 4.99 Å². The number of sulfone groups is 1. The highest BCUT2D eigenvalue weighted by Gasteiger charge is 2.28. The van der Waals surface area contributed by atoms with Crippen LogP contribution in [0.2, 0.25) is 0 Å². The fourth-order valence-corrected chi connectivity index (χ4v) is 3.66. The Hall–Kier alpha value is -0.350. The molecule has 0 aromatic heterocycles. The number of rotatable bonds is 7. The van der Waals surface area contributed by atoms with E-state index in [0.717, 1.165) is 39.0 Å². The Kier molecular flexibility index (Phi) is 11.3. The van der Waals surface area contributed by atoms with E-state index >= 15 is 0 Å². The molecule has 26 heavy (non-hydrogen) atoms. The number of hydrogen-bond acceptors (Lipinski definition) is 4. The van der Waals surface area contributed by atoms with Crippen LogP contribution in [0, 0.1) is 0 Å². The molecule has 0 amide bonds. The van der Waals surface area contributed by atoms with Gasteiger partial charge in [-0.3, -0.25) is 9.89 Å². The summed E-state index contributed by atoms with van der Waals surface area (Å²) in [6.07, 6.45) is 2.11. The molecule has 0 aliphatic carbocycles. The monoisotopic (exact) mass is 500 g/mol. The Bertz CT molecular complexity index is 562. The Balaban J connectivity index is 0.00000625. The van der Waals surface area contributed by atoms with Crippen LogP contribution in [0.25, 0.3) is 0 Å². The van der Waals surface area contributed by atoms with E-state index < -0.39 is 14.6 Å². The van der Waals surface area contributed by atoms with Crippen molar-refractivity contribution in [3.05, 3.63) is 12.2 Å². The van der Waals surface area contributed by atoms with Crippen LogP contribution in [0.5, 0.6) is 0 Å². The van der Waals surface area contributed by atoms with E-state index in [1.807, 2.05) is 6.92 Å². The molecule has 0 atom stereocenters. The summed E-state index contributed by atoms with van der Waals surface area (Å²) < 4.78 is 23.6. The van der Waals surface area contributed by atoms with Gasteiger partial charge in [-0.05, 0) is 47.5 Å². The van der Waals surface area contributed by atoms with Gasteiger partial charge in [0.25, 0.3) is 0 Å². The average molecular weight is 500 g/mol. The molecule has 2 N–H and O–H groups in total. The topological polar surface area (TPSA) is 73.8 Å². The van der Waals surface area contributed by atoms with E-state index in [4.69, 9.17) is 0 Å². The quantitative estimate of drug-likeness (QED) is 0.243. The van der Waals surface area contributed by atoms with Crippen LogP contribution in [-0.2, 0) is 9.84 Å². The van der Waals surface area contributed by atoms with Gasteiger partial charge in [0.1, 0.15) is 0 Å². The van der Waals surface area contributed by atoms with Gasteiger partial charge in [-0.1, -0.05) is 12.2 Å². The molecule has 1 rings (SSSR count). The smallest absolute Gasteiger partial charge is 0.191 e. The molecule has 0 radical (unpaired) electrons. The second kappa shape index (κ2) is 11.5. The van der Waals surface area contributed by atoms with Crippen molar-refractivity contribution < 1.29 is 8.42 Å². The molecule has 0 unspecified atom stereocenters. The lowest BCUT2D eigenvalue weighted by molar-refractivity contribution is 0.221. The summed E-state index contributed by atoms with van der Waals surface area (Å²) >= 11 is 0. The predicted molar refractivity (Wildman–Crippen MR) is 122 cm³/mol. The van der Waals surface area contributed by atoms with E-state index in [9.17, 15) is 8.42 Å². The number of hydrogen-bond donors (Lipinski definition) is 2. The summed E-state index contributed by atoms with van der Waals surface area (Å²) in [5.41, 5.74) is 1.20. The molecule has 8 heteroatoms. The first-order valence-corrected chi connectivity index (χ1v) is 10.8. The van der Waals surface area contributed by atoms with E-state index in [0.29, 0.717) is 12.0 Å². The van der Waals surface area contributed by atoms with Gasteiger partial charge in [-0.15, -0.1) is 24.0 Å². The number of nitrogens with zero attached hydrogens (tertiary/aromatic N) is 2. The molecule has 0 bridgehead atoms. The maximum atomic E-state index is 12.2. The summed E-state index contributed by atoms with van der Waals surface area (Å²) in [7, 11) is -3.14. The highest BCUT2D eigenvalue weighted by Crippen LogP contribution is 2.15. The van der Waals surface area contributed by atoms with Gasteiger partial charge < -0.3 is 10.6 Å². The number of piperidine rings is 1. The summed E-state index contributed by atoms with van der Waals surface area (Å²) in [5.74, 6) is 0.786. The molecule has 1 fully saturated rings. The van der Waals surface area contributed by atoms with Gasteiger partial charge >= 0.3 is 0 Å². The van der Waals surface area contributed by atoms with Crippen molar-refractivity contribution >= 4 is 39.8 Å². The van der Waals surface area contributed by atoms with Gasteiger partial charge in [0.05, 0.1) is 17.0 Å². The molecule has 0 spiro atoms. The van der Waals surface area contributed by atoms with Crippen LogP contribution in [-0.4, -0.2) is 68.5 Å². The Morgan fingerprint density at radius 2 is 1.85 bits per heavy atom. The summed E-state index contributed by atoms with van der Waals surface area (Å²) in [5, 5.41) is 6.67. The van der Waals surface area contributed by atoms with Gasteiger partial charge in [0.15, 0.2) is 15.8 Å². The zero-order chi connectivity index (χ0) is 19.1. The molecule has 1 heterocycles. The first kappa shape index (κ1) is 25.6. The fraction of sp³-hybridized carbons (Fsp3) is 0.833. The second-order valence-electron chi connectivity index (χ2n) is 7.84. The number of nitrogens with one attached hydrogen (secondary N) is 2. The maximum Gasteiger partial charge on any atom is 0.191 e. The summed E-state index contributed by atoms with van der Waals surface area (Å²) in [6, 6.07) is 0.374. The van der Waals surface area contributed by atoms with Crippen LogP contribution >= 0.6 is 24.0 Å². The zero-order valence-electron chi connectivity index (χ0n) is 17.0. The molecular weight excluding hydrogens is 463 g/mol. The van der Waals surface area contributed by atoms with Gasteiger partial charge in [0.2, 0.25) is 0 Å². The minimum atomic E-state index is -3.14. The lowest BCUT2D eigenvalue weighted by Crippen LogP contribution is -2.49. The Labute approximate surface area is 177 Å². The molecular formula is C18H37IN4O2S. The second-order valence-corrected chi connectivity index (χ2v) is 10.7. The molecule has 154 valence electrons. The summed E-state index contributed by atoms with van der Waals surface area (Å²) in [4.78, 5) is 6.88. The van der Waals surface area contributed by atoms with Crippen molar-refractivity contribution in [2.75, 3.05) is 38.5 Å². The minimum Gasteiger partial charge on any atom is -0.357 e. The molecule has 6 nitrogen and oxygen atoms in total. The molecule has 0 aromatic carbocycles. The Morgan fingerprint density at radius 3 is 2.31 bits per heavy atom. The van der Waals surface area contributed by atoms with Crippen molar-refractivity contribution in [1.82, 2.24) is 15.5 Å². The first-order chi connectivity index (χ1) is 11.5. The lowest BCUT2D eigenvalue weighted by atomic mass is 10.0. The summed E-state index contributed by atoms with van der Waals surface area (Å²) in [6.45, 7) is 17.3. The molecule has 1 aliphatic heterocycles. The SMILES string of the molecule is C=C(C)CN1CCC(NC(=NCCS(=O)(=O)C(C)(C)C)NCC)CC1.I. The standard InChI is InChI=1S/C18H36N4O2S.HI/c1-7-19-17(20-10-13-25(23,24)18(4,5)6)21-16-8-11-22(12-9-16)14-15(2)3;/h16H,2,7-14H2,1,3-6H3,(H2,19,20,21);1H. The lowest BCUT2D eigenvalue weighted by Gasteiger charge is -2.33. The third kappa shape index (κ3) is 9.03. The fourth-order valence-electron chi connectivity index (χ4n) is 2.71. The zero-order valence-corrected chi connectivity index (χ0v) is 20.1. The van der Waals surface area contributed by atoms with Gasteiger partial charge in [-0.2, -0.15) is 0 Å². The van der Waals surface area contributed by atoms with Crippen LogP contribution < -0.4 is 10.6 Å². The van der Waals surface area contributed by atoms with Crippen LogP contribution in [0.1, 0.15) is 47.5 Å². The van der Waals surface area contributed by atoms with Crippen LogP contribution in [0.4, 0.5) is 0 Å². The van der Waals surface area contributed by atoms with E-state index in [2.05, 4.69) is 34.0 Å². The first-order valence-electron chi connectivity index (χ1n) is 9.19. The van der Waals surface area contributed by atoms with Crippen LogP contribution in [0.15, 0.2) is 17.1 Å². The highest BCUT2D eigenvalue weighted by atomic mass is 127. The third-order valence-electron chi connectivity index (χ3n) is 4.33. The van der Waals surface area contributed by atoms with Gasteiger partial charge in [-0.25, -0.2) is 8.42 Å². The predicted octanol–water partition coefficient (Wildman–Crippen LogP) is 2.41. The van der Waals surface area contributed by atoms with E-state index in [1.54, 1.807) is 20.8 Å². The largest absolute Gasteiger partial charge is 0.357 e. The number of guanidine groups is 1.